The summed E-state index contributed by atoms with van der Waals surface area (Å²) < 4.78 is 0. The number of aromatic amines is 1. The van der Waals surface area contributed by atoms with Crippen molar-refractivity contribution in [3.05, 3.63) is 41.5 Å². The molecule has 3 N–H and O–H groups in total. The molecule has 2 rings (SSSR count). The zero-order valence-electron chi connectivity index (χ0n) is 9.81. The summed E-state index contributed by atoms with van der Waals surface area (Å²) in [5, 5.41) is 7.04. The predicted octanol–water partition coefficient (Wildman–Crippen LogP) is 1.91. The Hall–Kier alpha value is -1.33. The maximum atomic E-state index is 5.45. The fourth-order valence-electron chi connectivity index (χ4n) is 1.50. The van der Waals surface area contributed by atoms with Crippen LogP contribution in [0.1, 0.15) is 17.2 Å². The molecule has 0 saturated heterocycles. The van der Waals surface area contributed by atoms with Crippen LogP contribution in [0.4, 0.5) is 0 Å². The highest BCUT2D eigenvalue weighted by atomic mass is 32.2. The van der Waals surface area contributed by atoms with Gasteiger partial charge in [-0.15, -0.1) is 11.8 Å². The molecule has 1 heterocycles. The van der Waals surface area contributed by atoms with Crippen LogP contribution < -0.4 is 5.73 Å². The molecule has 0 aliphatic rings. The summed E-state index contributed by atoms with van der Waals surface area (Å²) >= 11 is 1.75. The van der Waals surface area contributed by atoms with Gasteiger partial charge in [-0.3, -0.25) is 5.10 Å². The van der Waals surface area contributed by atoms with Crippen LogP contribution in [0.15, 0.2) is 29.2 Å². The minimum absolute atomic E-state index is 0.586. The van der Waals surface area contributed by atoms with Gasteiger partial charge in [-0.2, -0.15) is 5.10 Å². The molecule has 90 valence electrons. The summed E-state index contributed by atoms with van der Waals surface area (Å²) in [6.07, 6.45) is 0.728. The van der Waals surface area contributed by atoms with Gasteiger partial charge in [0.2, 0.25) is 0 Å². The van der Waals surface area contributed by atoms with Crippen LogP contribution in [0, 0.1) is 6.92 Å². The van der Waals surface area contributed by atoms with Gasteiger partial charge in [0.1, 0.15) is 5.82 Å². The van der Waals surface area contributed by atoms with E-state index in [1.165, 1.54) is 10.5 Å². The lowest BCUT2D eigenvalue weighted by Crippen LogP contribution is -2.03. The average molecular weight is 248 g/mol. The maximum Gasteiger partial charge on any atom is 0.151 e. The van der Waals surface area contributed by atoms with E-state index in [-0.39, 0.29) is 0 Å². The number of thioether (sulfide) groups is 1. The number of rotatable bonds is 5. The molecule has 0 atom stereocenters. The number of H-pyrrole nitrogens is 1. The van der Waals surface area contributed by atoms with Crippen LogP contribution in [0.2, 0.25) is 0 Å². The molecule has 0 aliphatic heterocycles. The minimum atomic E-state index is 0.586. The Kier molecular flexibility index (Phi) is 4.17. The maximum absolute atomic E-state index is 5.45. The molecular weight excluding hydrogens is 232 g/mol. The lowest BCUT2D eigenvalue weighted by atomic mass is 10.2. The van der Waals surface area contributed by atoms with E-state index >= 15 is 0 Å². The molecule has 4 nitrogen and oxygen atoms in total. The van der Waals surface area contributed by atoms with E-state index < -0.39 is 0 Å². The summed E-state index contributed by atoms with van der Waals surface area (Å²) in [5.41, 5.74) is 6.73. The van der Waals surface area contributed by atoms with E-state index in [1.54, 1.807) is 11.8 Å². The van der Waals surface area contributed by atoms with Crippen molar-refractivity contribution in [1.29, 1.82) is 0 Å². The third kappa shape index (κ3) is 3.57. The van der Waals surface area contributed by atoms with E-state index in [0.717, 1.165) is 23.8 Å². The summed E-state index contributed by atoms with van der Waals surface area (Å²) in [5.74, 6) is 2.51. The molecule has 0 radical (unpaired) electrons. The Bertz CT molecular complexity index is 481. The lowest BCUT2D eigenvalue weighted by Gasteiger charge is -1.99. The number of hydrogen-bond acceptors (Lipinski definition) is 4. The highest BCUT2D eigenvalue weighted by Gasteiger charge is 2.03. The summed E-state index contributed by atoms with van der Waals surface area (Å²) in [6, 6.07) is 8.44. The van der Waals surface area contributed by atoms with E-state index in [2.05, 4.69) is 46.4 Å². The quantitative estimate of drug-likeness (QED) is 0.793. The van der Waals surface area contributed by atoms with Crippen molar-refractivity contribution in [3.63, 3.8) is 0 Å². The third-order valence-corrected chi connectivity index (χ3v) is 3.32. The van der Waals surface area contributed by atoms with Gasteiger partial charge in [-0.05, 0) is 25.6 Å². The summed E-state index contributed by atoms with van der Waals surface area (Å²) in [6.45, 7) is 2.68. The Labute approximate surface area is 105 Å². The predicted molar refractivity (Wildman–Crippen MR) is 69.9 cm³/mol. The van der Waals surface area contributed by atoms with Crippen molar-refractivity contribution in [3.8, 4) is 0 Å². The molecule has 0 amide bonds. The largest absolute Gasteiger partial charge is 0.330 e. The van der Waals surface area contributed by atoms with Crippen molar-refractivity contribution in [2.45, 2.75) is 24.0 Å². The summed E-state index contributed by atoms with van der Waals surface area (Å²) in [4.78, 5) is 5.62. The zero-order valence-corrected chi connectivity index (χ0v) is 10.6. The molecule has 2 aromatic rings. The molecule has 0 saturated carbocycles. The monoisotopic (exact) mass is 248 g/mol. The second-order valence-corrected chi connectivity index (χ2v) is 4.89. The molecule has 0 fully saturated rings. The number of aryl methyl sites for hydroxylation is 1. The van der Waals surface area contributed by atoms with E-state index in [1.807, 2.05) is 0 Å². The molecule has 1 aromatic heterocycles. The Balaban J connectivity index is 1.93. The fraction of sp³-hybridized carbons (Fsp3) is 0.333. The second-order valence-electron chi connectivity index (χ2n) is 3.84. The van der Waals surface area contributed by atoms with Crippen LogP contribution in [0.3, 0.4) is 0 Å². The van der Waals surface area contributed by atoms with Crippen molar-refractivity contribution in [2.24, 2.45) is 5.73 Å². The first-order valence-corrected chi connectivity index (χ1v) is 6.56. The van der Waals surface area contributed by atoms with Crippen molar-refractivity contribution in [1.82, 2.24) is 15.2 Å². The van der Waals surface area contributed by atoms with Gasteiger partial charge in [0.15, 0.2) is 5.82 Å². The Morgan fingerprint density at radius 1 is 1.41 bits per heavy atom. The van der Waals surface area contributed by atoms with Crippen LogP contribution in [0.5, 0.6) is 0 Å². The van der Waals surface area contributed by atoms with E-state index in [0.29, 0.717) is 6.54 Å². The number of hydrogen-bond donors (Lipinski definition) is 2. The van der Waals surface area contributed by atoms with Crippen LogP contribution in [-0.2, 0) is 12.2 Å². The van der Waals surface area contributed by atoms with E-state index in [9.17, 15) is 0 Å². The van der Waals surface area contributed by atoms with Crippen molar-refractivity contribution < 1.29 is 0 Å². The second kappa shape index (κ2) is 5.84. The number of nitrogens with two attached hydrogens (primary N) is 1. The molecule has 0 aliphatic carbocycles. The highest BCUT2D eigenvalue weighted by Crippen LogP contribution is 2.21. The number of nitrogens with zero attached hydrogens (tertiary/aromatic N) is 2. The van der Waals surface area contributed by atoms with Gasteiger partial charge in [0.25, 0.3) is 0 Å². The average Bonchev–Trinajstić information content (AvgIpc) is 2.75. The molecule has 17 heavy (non-hydrogen) atoms. The number of aromatic nitrogens is 3. The van der Waals surface area contributed by atoms with Gasteiger partial charge in [0, 0.05) is 11.3 Å². The van der Waals surface area contributed by atoms with Crippen molar-refractivity contribution in [2.75, 3.05) is 6.54 Å². The normalized spacial score (nSPS) is 10.7. The van der Waals surface area contributed by atoms with Gasteiger partial charge < -0.3 is 5.73 Å². The first kappa shape index (κ1) is 12.1. The Morgan fingerprint density at radius 2 is 2.29 bits per heavy atom. The SMILES string of the molecule is Cc1cccc(SCc2nc(CCN)n[nH]2)c1. The van der Waals surface area contributed by atoms with Crippen molar-refractivity contribution >= 4 is 11.8 Å². The standard InChI is InChI=1S/C12H16N4S/c1-9-3-2-4-10(7-9)17-8-12-14-11(5-6-13)15-16-12/h2-4,7H,5-6,8,13H2,1H3,(H,14,15,16). The Morgan fingerprint density at radius 3 is 3.06 bits per heavy atom. The zero-order chi connectivity index (χ0) is 12.1. The van der Waals surface area contributed by atoms with Gasteiger partial charge in [-0.1, -0.05) is 17.7 Å². The molecule has 1 aromatic carbocycles. The van der Waals surface area contributed by atoms with Crippen LogP contribution in [0.25, 0.3) is 0 Å². The lowest BCUT2D eigenvalue weighted by molar-refractivity contribution is 0.874. The topological polar surface area (TPSA) is 67.6 Å². The molecule has 0 bridgehead atoms. The van der Waals surface area contributed by atoms with E-state index in [4.69, 9.17) is 5.73 Å². The van der Waals surface area contributed by atoms with Gasteiger partial charge >= 0.3 is 0 Å². The number of benzene rings is 1. The smallest absolute Gasteiger partial charge is 0.151 e. The molecule has 0 unspecified atom stereocenters. The molecule has 5 heteroatoms. The van der Waals surface area contributed by atoms with Gasteiger partial charge in [0.05, 0.1) is 5.75 Å². The number of nitrogens with one attached hydrogen (secondary N) is 1. The van der Waals surface area contributed by atoms with Crippen LogP contribution in [-0.4, -0.2) is 21.7 Å². The highest BCUT2D eigenvalue weighted by molar-refractivity contribution is 7.98. The molecule has 0 spiro atoms. The van der Waals surface area contributed by atoms with Gasteiger partial charge in [-0.25, -0.2) is 4.98 Å². The first-order valence-electron chi connectivity index (χ1n) is 5.57. The molecular formula is C12H16N4S. The first-order chi connectivity index (χ1) is 8.28. The van der Waals surface area contributed by atoms with Crippen LogP contribution >= 0.6 is 11.8 Å². The fourth-order valence-corrected chi connectivity index (χ4v) is 2.37. The summed E-state index contributed by atoms with van der Waals surface area (Å²) in [7, 11) is 0. The minimum Gasteiger partial charge on any atom is -0.330 e. The third-order valence-electron chi connectivity index (χ3n) is 2.31.